The van der Waals surface area contributed by atoms with Gasteiger partial charge >= 0.3 is 0 Å². The van der Waals surface area contributed by atoms with Crippen LogP contribution in [-0.2, 0) is 15.6 Å². The molecule has 0 bridgehead atoms. The number of aromatic nitrogens is 5. The zero-order chi connectivity index (χ0) is 19.9. The van der Waals surface area contributed by atoms with Crippen molar-refractivity contribution >= 4 is 21.1 Å². The van der Waals surface area contributed by atoms with Crippen molar-refractivity contribution in [1.82, 2.24) is 28.7 Å². The number of nitroso groups, excluding NO2 is 1. The molecule has 0 aromatic carbocycles. The second-order valence-electron chi connectivity index (χ2n) is 6.60. The average Bonchev–Trinajstić information content (AvgIpc) is 3.31. The first-order chi connectivity index (χ1) is 13.4. The Labute approximate surface area is 160 Å². The predicted octanol–water partition coefficient (Wildman–Crippen LogP) is 1.10. The van der Waals surface area contributed by atoms with Gasteiger partial charge < -0.3 is 0 Å². The molecule has 0 unspecified atom stereocenters. The first kappa shape index (κ1) is 18.2. The van der Waals surface area contributed by atoms with Gasteiger partial charge in [-0.3, -0.25) is 4.68 Å². The van der Waals surface area contributed by atoms with Crippen molar-refractivity contribution in [2.75, 3.05) is 18.8 Å². The maximum absolute atomic E-state index is 12.1. The maximum Gasteiger partial charge on any atom is 0.213 e. The minimum atomic E-state index is -3.31. The van der Waals surface area contributed by atoms with Crippen LogP contribution in [-0.4, -0.2) is 56.0 Å². The summed E-state index contributed by atoms with van der Waals surface area (Å²) in [5, 5.41) is 17.1. The number of fused-ring (bicyclic) bond motifs is 1. The summed E-state index contributed by atoms with van der Waals surface area (Å²) in [5.41, 5.74) is 0.911. The third-order valence-corrected chi connectivity index (χ3v) is 6.77. The van der Waals surface area contributed by atoms with E-state index in [9.17, 15) is 18.6 Å². The summed E-state index contributed by atoms with van der Waals surface area (Å²) in [6, 6.07) is 3.82. The Morgan fingerprint density at radius 3 is 2.82 bits per heavy atom. The van der Waals surface area contributed by atoms with E-state index in [0.717, 1.165) is 4.68 Å². The highest BCUT2D eigenvalue weighted by Gasteiger charge is 2.49. The Balaban J connectivity index is 1.71. The molecule has 0 amide bonds. The lowest BCUT2D eigenvalue weighted by Crippen LogP contribution is -2.64. The predicted molar refractivity (Wildman–Crippen MR) is 99.2 cm³/mol. The van der Waals surface area contributed by atoms with Crippen molar-refractivity contribution in [3.63, 3.8) is 0 Å². The Kier molecular flexibility index (Phi) is 4.20. The zero-order valence-electron chi connectivity index (χ0n) is 14.9. The third-order valence-electron chi connectivity index (χ3n) is 5.00. The molecule has 1 saturated heterocycles. The standard InChI is InChI=1S/C16H16N8O3S/c1-2-28(26,27)22-9-16(10-22,4-5-17)24-8-12(7-20-24)14-13-3-6-23(21-25)15(13)19-11-18-14/h3,6-8,11H,2,4,9-10H2,1H3. The number of nitrogens with zero attached hydrogens (tertiary/aromatic N) is 8. The molecule has 4 heterocycles. The molecule has 12 heteroatoms. The van der Waals surface area contributed by atoms with Crippen LogP contribution in [0.15, 0.2) is 36.3 Å². The van der Waals surface area contributed by atoms with Gasteiger partial charge in [-0.2, -0.15) is 19.3 Å². The van der Waals surface area contributed by atoms with Crippen molar-refractivity contribution in [3.8, 4) is 17.3 Å². The second-order valence-corrected chi connectivity index (χ2v) is 8.86. The van der Waals surface area contributed by atoms with Gasteiger partial charge in [0.25, 0.3) is 0 Å². The average molecular weight is 400 g/mol. The van der Waals surface area contributed by atoms with Crippen LogP contribution in [0.2, 0.25) is 0 Å². The molecule has 28 heavy (non-hydrogen) atoms. The summed E-state index contributed by atoms with van der Waals surface area (Å²) in [7, 11) is -3.31. The minimum absolute atomic E-state index is 0.0145. The minimum Gasteiger partial charge on any atom is -0.262 e. The van der Waals surface area contributed by atoms with Crippen LogP contribution in [0.5, 0.6) is 0 Å². The summed E-state index contributed by atoms with van der Waals surface area (Å²) in [6.07, 6.45) is 6.30. The van der Waals surface area contributed by atoms with E-state index >= 15 is 0 Å². The first-order valence-corrected chi connectivity index (χ1v) is 10.1. The van der Waals surface area contributed by atoms with Crippen LogP contribution in [0, 0.1) is 16.2 Å². The largest absolute Gasteiger partial charge is 0.262 e. The highest BCUT2D eigenvalue weighted by atomic mass is 32.2. The Morgan fingerprint density at radius 2 is 2.14 bits per heavy atom. The van der Waals surface area contributed by atoms with Crippen LogP contribution in [0.1, 0.15) is 13.3 Å². The van der Waals surface area contributed by atoms with E-state index in [1.165, 1.54) is 16.8 Å². The molecule has 0 aliphatic carbocycles. The number of nitriles is 1. The summed E-state index contributed by atoms with van der Waals surface area (Å²) < 4.78 is 28.3. The highest BCUT2D eigenvalue weighted by Crippen LogP contribution is 2.35. The van der Waals surface area contributed by atoms with E-state index < -0.39 is 15.6 Å². The molecule has 3 aromatic rings. The van der Waals surface area contributed by atoms with Gasteiger partial charge in [0.2, 0.25) is 10.0 Å². The monoisotopic (exact) mass is 400 g/mol. The van der Waals surface area contributed by atoms with Crippen molar-refractivity contribution in [2.45, 2.75) is 18.9 Å². The molecule has 0 N–H and O–H groups in total. The molecule has 0 radical (unpaired) electrons. The molecule has 0 spiro atoms. The molecular weight excluding hydrogens is 384 g/mol. The molecule has 1 aliphatic rings. The third kappa shape index (κ3) is 2.67. The molecule has 1 fully saturated rings. The van der Waals surface area contributed by atoms with Gasteiger partial charge in [-0.25, -0.2) is 18.4 Å². The fraction of sp³-hybridized carbons (Fsp3) is 0.375. The van der Waals surface area contributed by atoms with E-state index in [1.807, 2.05) is 0 Å². The Bertz CT molecular complexity index is 1200. The molecule has 3 aromatic heterocycles. The topological polar surface area (TPSA) is 139 Å². The summed E-state index contributed by atoms with van der Waals surface area (Å²) in [6.45, 7) is 1.98. The van der Waals surface area contributed by atoms with Gasteiger partial charge in [0.1, 0.15) is 11.9 Å². The van der Waals surface area contributed by atoms with Crippen molar-refractivity contribution in [1.29, 1.82) is 5.26 Å². The number of hydrogen-bond acceptors (Lipinski definition) is 8. The molecule has 0 atom stereocenters. The van der Waals surface area contributed by atoms with Crippen LogP contribution in [0.3, 0.4) is 0 Å². The quantitative estimate of drug-likeness (QED) is 0.564. The van der Waals surface area contributed by atoms with Crippen LogP contribution >= 0.6 is 0 Å². The van der Waals surface area contributed by atoms with Gasteiger partial charge in [-0.15, -0.1) is 4.91 Å². The summed E-state index contributed by atoms with van der Waals surface area (Å²) in [5.74, 6) is 0.0145. The van der Waals surface area contributed by atoms with Crippen molar-refractivity contribution < 1.29 is 8.42 Å². The number of hydrogen-bond donors (Lipinski definition) is 0. The van der Waals surface area contributed by atoms with Gasteiger partial charge in [0.05, 0.1) is 35.4 Å². The zero-order valence-corrected chi connectivity index (χ0v) is 15.7. The number of rotatable bonds is 6. The van der Waals surface area contributed by atoms with Crippen LogP contribution in [0.25, 0.3) is 22.3 Å². The molecule has 1 aliphatic heterocycles. The van der Waals surface area contributed by atoms with Gasteiger partial charge in [0, 0.05) is 36.4 Å². The fourth-order valence-corrected chi connectivity index (χ4v) is 4.65. The lowest BCUT2D eigenvalue weighted by Gasteiger charge is -2.47. The van der Waals surface area contributed by atoms with E-state index in [0.29, 0.717) is 22.3 Å². The molecule has 11 nitrogen and oxygen atoms in total. The lowest BCUT2D eigenvalue weighted by molar-refractivity contribution is 0.0719. The SMILES string of the molecule is CCS(=O)(=O)N1CC(CC#N)(n2cc(-c3ncnc4c3ccn4N=O)cn2)C1. The Morgan fingerprint density at radius 1 is 1.36 bits per heavy atom. The van der Waals surface area contributed by atoms with Gasteiger partial charge in [-0.05, 0) is 13.0 Å². The summed E-state index contributed by atoms with van der Waals surface area (Å²) in [4.78, 5) is 19.2. The van der Waals surface area contributed by atoms with E-state index in [-0.39, 0.29) is 25.3 Å². The van der Waals surface area contributed by atoms with Crippen molar-refractivity contribution in [3.05, 3.63) is 35.9 Å². The van der Waals surface area contributed by atoms with E-state index in [1.54, 1.807) is 30.1 Å². The normalized spacial score (nSPS) is 16.6. The fourth-order valence-electron chi connectivity index (χ4n) is 3.41. The number of sulfonamides is 1. The van der Waals surface area contributed by atoms with Crippen molar-refractivity contribution in [2.24, 2.45) is 5.29 Å². The summed E-state index contributed by atoms with van der Waals surface area (Å²) >= 11 is 0. The molecular formula is C16H16N8O3S. The van der Waals surface area contributed by atoms with E-state index in [4.69, 9.17) is 0 Å². The molecule has 0 saturated carbocycles. The Hall–Kier alpha value is -3.17. The first-order valence-electron chi connectivity index (χ1n) is 8.50. The second kappa shape index (κ2) is 6.47. The van der Waals surface area contributed by atoms with Gasteiger partial charge in [-0.1, -0.05) is 0 Å². The highest BCUT2D eigenvalue weighted by molar-refractivity contribution is 7.89. The van der Waals surface area contributed by atoms with E-state index in [2.05, 4.69) is 26.4 Å². The lowest BCUT2D eigenvalue weighted by atomic mass is 9.89. The van der Waals surface area contributed by atoms with Crippen LogP contribution < -0.4 is 0 Å². The molecule has 4 rings (SSSR count). The van der Waals surface area contributed by atoms with Crippen LogP contribution in [0.4, 0.5) is 0 Å². The smallest absolute Gasteiger partial charge is 0.213 e. The maximum atomic E-state index is 12.1. The van der Waals surface area contributed by atoms with Gasteiger partial charge in [0.15, 0.2) is 5.65 Å². The molecule has 144 valence electrons.